The SMILES string of the molecule is CCCCCc1nc(CCC)n(Cc2ccc(-c3ccccc3-c3nn[nH]n3)nc2)n1. The first-order valence-corrected chi connectivity index (χ1v) is 11.0. The molecule has 3 heterocycles. The van der Waals surface area contributed by atoms with Gasteiger partial charge in [-0.25, -0.2) is 9.67 Å². The first-order valence-electron chi connectivity index (χ1n) is 11.0. The molecule has 4 aromatic rings. The normalized spacial score (nSPS) is 11.2. The van der Waals surface area contributed by atoms with E-state index >= 15 is 0 Å². The third kappa shape index (κ3) is 5.02. The van der Waals surface area contributed by atoms with Gasteiger partial charge in [0.15, 0.2) is 5.82 Å². The molecule has 3 aromatic heterocycles. The standard InChI is InChI=1S/C23H28N8/c1-3-5-6-12-21-25-22(9-4-2)31(28-21)16-17-13-14-20(24-15-17)18-10-7-8-11-19(18)23-26-29-30-27-23/h7-8,10-11,13-15H,3-6,9,12,16H2,1-2H3,(H,26,27,29,30). The predicted molar refractivity (Wildman–Crippen MR) is 119 cm³/mol. The highest BCUT2D eigenvalue weighted by Crippen LogP contribution is 2.28. The Bertz CT molecular complexity index is 1080. The van der Waals surface area contributed by atoms with Gasteiger partial charge in [-0.1, -0.05) is 57.0 Å². The Morgan fingerprint density at radius 3 is 2.52 bits per heavy atom. The Morgan fingerprint density at radius 2 is 1.81 bits per heavy atom. The first kappa shape index (κ1) is 20.8. The summed E-state index contributed by atoms with van der Waals surface area (Å²) in [5.41, 5.74) is 3.84. The summed E-state index contributed by atoms with van der Waals surface area (Å²) in [5.74, 6) is 2.57. The van der Waals surface area contributed by atoms with E-state index in [1.807, 2.05) is 41.2 Å². The Kier molecular flexibility index (Phi) is 6.76. The van der Waals surface area contributed by atoms with Crippen LogP contribution in [0.2, 0.25) is 0 Å². The molecular weight excluding hydrogens is 388 g/mol. The largest absolute Gasteiger partial charge is 0.256 e. The number of nitrogens with one attached hydrogen (secondary N) is 1. The smallest absolute Gasteiger partial charge is 0.205 e. The van der Waals surface area contributed by atoms with E-state index in [4.69, 9.17) is 15.1 Å². The third-order valence-electron chi connectivity index (χ3n) is 5.22. The Morgan fingerprint density at radius 1 is 0.935 bits per heavy atom. The number of H-pyrrole nitrogens is 1. The zero-order valence-corrected chi connectivity index (χ0v) is 18.1. The highest BCUT2D eigenvalue weighted by atomic mass is 15.5. The summed E-state index contributed by atoms with van der Waals surface area (Å²) < 4.78 is 2.04. The lowest BCUT2D eigenvalue weighted by Gasteiger charge is -2.08. The number of hydrogen-bond donors (Lipinski definition) is 1. The number of nitrogens with zero attached hydrogens (tertiary/aromatic N) is 7. The van der Waals surface area contributed by atoms with E-state index in [1.54, 1.807) is 0 Å². The lowest BCUT2D eigenvalue weighted by molar-refractivity contribution is 0.617. The van der Waals surface area contributed by atoms with Crippen LogP contribution >= 0.6 is 0 Å². The van der Waals surface area contributed by atoms with Gasteiger partial charge in [-0.3, -0.25) is 4.98 Å². The predicted octanol–water partition coefficient (Wildman–Crippen LogP) is 4.25. The Balaban J connectivity index is 1.53. The van der Waals surface area contributed by atoms with Crippen LogP contribution in [0.4, 0.5) is 0 Å². The zero-order chi connectivity index (χ0) is 21.5. The lowest BCUT2D eigenvalue weighted by atomic mass is 10.0. The summed E-state index contributed by atoms with van der Waals surface area (Å²) in [6.07, 6.45) is 8.41. The van der Waals surface area contributed by atoms with Crippen molar-refractivity contribution in [2.45, 2.75) is 58.9 Å². The van der Waals surface area contributed by atoms with E-state index in [1.165, 1.54) is 12.8 Å². The molecule has 0 saturated heterocycles. The summed E-state index contributed by atoms with van der Waals surface area (Å²) in [4.78, 5) is 9.49. The minimum absolute atomic E-state index is 0.559. The van der Waals surface area contributed by atoms with E-state index in [-0.39, 0.29) is 0 Å². The molecule has 0 aliphatic heterocycles. The average molecular weight is 417 g/mol. The van der Waals surface area contributed by atoms with Crippen LogP contribution in [0.1, 0.15) is 56.7 Å². The molecule has 0 radical (unpaired) electrons. The molecule has 4 rings (SSSR count). The van der Waals surface area contributed by atoms with Crippen molar-refractivity contribution in [3.8, 4) is 22.6 Å². The van der Waals surface area contributed by atoms with Gasteiger partial charge in [-0.05, 0) is 29.7 Å². The molecule has 0 amide bonds. The average Bonchev–Trinajstić information content (AvgIpc) is 3.46. The first-order chi connectivity index (χ1) is 15.3. The molecule has 1 aromatic carbocycles. The number of unbranched alkanes of at least 4 members (excludes halogenated alkanes) is 2. The third-order valence-corrected chi connectivity index (χ3v) is 5.22. The fourth-order valence-electron chi connectivity index (χ4n) is 3.63. The highest BCUT2D eigenvalue weighted by molar-refractivity contribution is 5.78. The van der Waals surface area contributed by atoms with Gasteiger partial charge in [0, 0.05) is 30.2 Å². The second-order valence-electron chi connectivity index (χ2n) is 7.64. The fourth-order valence-corrected chi connectivity index (χ4v) is 3.63. The van der Waals surface area contributed by atoms with Crippen LogP contribution in [0.5, 0.6) is 0 Å². The van der Waals surface area contributed by atoms with E-state index in [2.05, 4.69) is 40.5 Å². The lowest BCUT2D eigenvalue weighted by Crippen LogP contribution is -2.07. The molecule has 0 atom stereocenters. The molecule has 8 heteroatoms. The number of benzene rings is 1. The maximum atomic E-state index is 4.78. The quantitative estimate of drug-likeness (QED) is 0.388. The molecule has 0 bridgehead atoms. The minimum atomic E-state index is 0.559. The summed E-state index contributed by atoms with van der Waals surface area (Å²) in [7, 11) is 0. The number of pyridine rings is 1. The van der Waals surface area contributed by atoms with E-state index in [0.29, 0.717) is 12.4 Å². The van der Waals surface area contributed by atoms with Gasteiger partial charge in [0.25, 0.3) is 0 Å². The van der Waals surface area contributed by atoms with Crippen molar-refractivity contribution in [2.24, 2.45) is 0 Å². The van der Waals surface area contributed by atoms with Crippen molar-refractivity contribution >= 4 is 0 Å². The topological polar surface area (TPSA) is 98.1 Å². The summed E-state index contributed by atoms with van der Waals surface area (Å²) in [6.45, 7) is 5.06. The minimum Gasteiger partial charge on any atom is -0.256 e. The van der Waals surface area contributed by atoms with Crippen molar-refractivity contribution < 1.29 is 0 Å². The molecule has 8 nitrogen and oxygen atoms in total. The summed E-state index contributed by atoms with van der Waals surface area (Å²) in [6, 6.07) is 12.1. The van der Waals surface area contributed by atoms with Crippen LogP contribution in [-0.4, -0.2) is 40.4 Å². The van der Waals surface area contributed by atoms with Crippen LogP contribution < -0.4 is 0 Å². The van der Waals surface area contributed by atoms with Crippen molar-refractivity contribution in [3.63, 3.8) is 0 Å². The number of aromatic nitrogens is 8. The number of aromatic amines is 1. The molecule has 1 N–H and O–H groups in total. The van der Waals surface area contributed by atoms with Gasteiger partial charge < -0.3 is 0 Å². The Hall–Kier alpha value is -3.42. The monoisotopic (exact) mass is 416 g/mol. The molecule has 31 heavy (non-hydrogen) atoms. The van der Waals surface area contributed by atoms with Crippen LogP contribution in [-0.2, 0) is 19.4 Å². The maximum absolute atomic E-state index is 4.78. The van der Waals surface area contributed by atoms with Gasteiger partial charge in [0.2, 0.25) is 5.82 Å². The van der Waals surface area contributed by atoms with Crippen LogP contribution in [0, 0.1) is 0 Å². The van der Waals surface area contributed by atoms with Crippen LogP contribution in [0.25, 0.3) is 22.6 Å². The van der Waals surface area contributed by atoms with Gasteiger partial charge in [-0.15, -0.1) is 10.2 Å². The van der Waals surface area contributed by atoms with E-state index in [9.17, 15) is 0 Å². The summed E-state index contributed by atoms with van der Waals surface area (Å²) >= 11 is 0. The molecule has 0 unspecified atom stereocenters. The van der Waals surface area contributed by atoms with Gasteiger partial charge in [-0.2, -0.15) is 10.3 Å². The molecule has 0 aliphatic carbocycles. The van der Waals surface area contributed by atoms with Crippen molar-refractivity contribution in [1.29, 1.82) is 0 Å². The molecular formula is C23H28N8. The van der Waals surface area contributed by atoms with Crippen LogP contribution in [0.3, 0.4) is 0 Å². The zero-order valence-electron chi connectivity index (χ0n) is 18.1. The van der Waals surface area contributed by atoms with Crippen molar-refractivity contribution in [2.75, 3.05) is 0 Å². The highest BCUT2D eigenvalue weighted by Gasteiger charge is 2.13. The summed E-state index contributed by atoms with van der Waals surface area (Å²) in [5, 5.41) is 19.2. The molecule has 0 spiro atoms. The second-order valence-corrected chi connectivity index (χ2v) is 7.64. The molecule has 0 saturated carbocycles. The molecule has 0 aliphatic rings. The van der Waals surface area contributed by atoms with Gasteiger partial charge in [0.1, 0.15) is 5.82 Å². The van der Waals surface area contributed by atoms with Crippen LogP contribution in [0.15, 0.2) is 42.6 Å². The van der Waals surface area contributed by atoms with Crippen molar-refractivity contribution in [3.05, 3.63) is 59.8 Å². The number of rotatable bonds is 10. The number of hydrogen-bond acceptors (Lipinski definition) is 6. The van der Waals surface area contributed by atoms with Gasteiger partial charge >= 0.3 is 0 Å². The maximum Gasteiger partial charge on any atom is 0.205 e. The number of tetrazole rings is 1. The van der Waals surface area contributed by atoms with Gasteiger partial charge in [0.05, 0.1) is 12.2 Å². The van der Waals surface area contributed by atoms with E-state index < -0.39 is 0 Å². The molecule has 0 fully saturated rings. The number of aryl methyl sites for hydroxylation is 2. The van der Waals surface area contributed by atoms with Crippen molar-refractivity contribution in [1.82, 2.24) is 40.4 Å². The van der Waals surface area contributed by atoms with E-state index in [0.717, 1.165) is 59.7 Å². The Labute approximate surface area is 182 Å². The fraction of sp³-hybridized carbons (Fsp3) is 0.391. The molecule has 160 valence electrons. The second kappa shape index (κ2) is 10.1.